The first-order chi connectivity index (χ1) is 12.2. The maximum absolute atomic E-state index is 11.4. The van der Waals surface area contributed by atoms with Crippen molar-refractivity contribution in [3.05, 3.63) is 43.0 Å². The molecule has 3 N–H and O–H groups in total. The van der Waals surface area contributed by atoms with E-state index in [2.05, 4.69) is 20.3 Å². The zero-order valence-corrected chi connectivity index (χ0v) is 13.7. The van der Waals surface area contributed by atoms with Crippen LogP contribution in [0.15, 0.2) is 43.0 Å². The van der Waals surface area contributed by atoms with Crippen molar-refractivity contribution in [3.8, 4) is 5.69 Å². The number of nitrogens with zero attached hydrogens (tertiary/aromatic N) is 5. The normalized spacial score (nSPS) is 17.6. The van der Waals surface area contributed by atoms with Crippen LogP contribution in [-0.4, -0.2) is 49.6 Å². The van der Waals surface area contributed by atoms with Crippen LogP contribution in [0.3, 0.4) is 0 Å². The van der Waals surface area contributed by atoms with Crippen LogP contribution in [0.2, 0.25) is 0 Å². The molecule has 1 aliphatic heterocycles. The predicted molar refractivity (Wildman–Crippen MR) is 94.5 cm³/mol. The van der Waals surface area contributed by atoms with E-state index in [1.54, 1.807) is 11.2 Å². The Bertz CT molecular complexity index is 892. The minimum Gasteiger partial charge on any atom is -0.364 e. The molecule has 128 valence electrons. The van der Waals surface area contributed by atoms with Crippen molar-refractivity contribution in [2.24, 2.45) is 5.73 Å². The van der Waals surface area contributed by atoms with E-state index in [4.69, 9.17) is 5.73 Å². The molecule has 1 aromatic carbocycles. The Morgan fingerprint density at radius 3 is 2.84 bits per heavy atom. The summed E-state index contributed by atoms with van der Waals surface area (Å²) >= 11 is 0. The van der Waals surface area contributed by atoms with Gasteiger partial charge in [0, 0.05) is 24.8 Å². The summed E-state index contributed by atoms with van der Waals surface area (Å²) in [7, 11) is 0. The second-order valence-electron chi connectivity index (χ2n) is 6.11. The van der Waals surface area contributed by atoms with Crippen LogP contribution in [-0.2, 0) is 0 Å². The fourth-order valence-corrected chi connectivity index (χ4v) is 3.21. The average Bonchev–Trinajstić information content (AvgIpc) is 3.08. The Hall–Kier alpha value is -3.16. The Kier molecular flexibility index (Phi) is 3.93. The standard InChI is InChI=1S/C17H19N7O/c18-17(25)23-8-4-5-12(9-23)22-15-14-16(20-10-19-15)24(11-21-14)13-6-2-1-3-7-13/h1-3,6-7,10-12H,4-5,8-9H2,(H2,18,25)(H,19,20,22). The van der Waals surface area contributed by atoms with Crippen LogP contribution in [0.4, 0.5) is 10.6 Å². The number of primary amides is 1. The van der Waals surface area contributed by atoms with Crippen LogP contribution >= 0.6 is 0 Å². The summed E-state index contributed by atoms with van der Waals surface area (Å²) in [5.41, 5.74) is 7.84. The first-order valence-electron chi connectivity index (χ1n) is 8.27. The molecule has 4 rings (SSSR count). The molecule has 0 aliphatic carbocycles. The van der Waals surface area contributed by atoms with Crippen molar-refractivity contribution in [1.82, 2.24) is 24.4 Å². The van der Waals surface area contributed by atoms with Crippen molar-refractivity contribution in [1.29, 1.82) is 0 Å². The van der Waals surface area contributed by atoms with Crippen LogP contribution in [0.5, 0.6) is 0 Å². The van der Waals surface area contributed by atoms with Gasteiger partial charge in [-0.25, -0.2) is 19.7 Å². The number of carbonyl (C=O) groups is 1. The number of amides is 2. The monoisotopic (exact) mass is 337 g/mol. The molecule has 2 amide bonds. The maximum atomic E-state index is 11.4. The van der Waals surface area contributed by atoms with Gasteiger partial charge in [-0.1, -0.05) is 18.2 Å². The zero-order chi connectivity index (χ0) is 17.2. The second kappa shape index (κ2) is 6.39. The molecule has 0 bridgehead atoms. The lowest BCUT2D eigenvalue weighted by molar-refractivity contribution is 0.192. The van der Waals surface area contributed by atoms with E-state index >= 15 is 0 Å². The van der Waals surface area contributed by atoms with Gasteiger partial charge in [-0.05, 0) is 25.0 Å². The van der Waals surface area contributed by atoms with E-state index in [1.807, 2.05) is 34.9 Å². The van der Waals surface area contributed by atoms with E-state index in [0.717, 1.165) is 24.2 Å². The molecule has 2 aromatic heterocycles. The van der Waals surface area contributed by atoms with E-state index in [1.165, 1.54) is 6.33 Å². The van der Waals surface area contributed by atoms with Crippen LogP contribution < -0.4 is 11.1 Å². The van der Waals surface area contributed by atoms with Crippen molar-refractivity contribution in [2.45, 2.75) is 18.9 Å². The van der Waals surface area contributed by atoms with Gasteiger partial charge in [-0.3, -0.25) is 4.57 Å². The van der Waals surface area contributed by atoms with Gasteiger partial charge in [0.25, 0.3) is 0 Å². The molecule has 1 unspecified atom stereocenters. The predicted octanol–water partition coefficient (Wildman–Crippen LogP) is 1.77. The number of para-hydroxylation sites is 1. The van der Waals surface area contributed by atoms with Crippen LogP contribution in [0.1, 0.15) is 12.8 Å². The number of urea groups is 1. The lowest BCUT2D eigenvalue weighted by Gasteiger charge is -2.32. The number of anilines is 1. The highest BCUT2D eigenvalue weighted by Crippen LogP contribution is 2.23. The van der Waals surface area contributed by atoms with Crippen molar-refractivity contribution in [2.75, 3.05) is 18.4 Å². The molecular weight excluding hydrogens is 318 g/mol. The Balaban J connectivity index is 1.63. The SMILES string of the molecule is NC(=O)N1CCCC(Nc2ncnc3c2ncn3-c2ccccc2)C1. The lowest BCUT2D eigenvalue weighted by Crippen LogP contribution is -2.47. The number of hydrogen-bond donors (Lipinski definition) is 2. The van der Waals surface area contributed by atoms with Gasteiger partial charge in [0.05, 0.1) is 0 Å². The number of piperidine rings is 1. The van der Waals surface area contributed by atoms with Gasteiger partial charge < -0.3 is 16.0 Å². The lowest BCUT2D eigenvalue weighted by atomic mass is 10.1. The summed E-state index contributed by atoms with van der Waals surface area (Å²) in [6.45, 7) is 1.27. The van der Waals surface area contributed by atoms with Gasteiger partial charge in [0.2, 0.25) is 0 Å². The van der Waals surface area contributed by atoms with E-state index in [-0.39, 0.29) is 12.1 Å². The number of aromatic nitrogens is 4. The first-order valence-corrected chi connectivity index (χ1v) is 8.27. The molecule has 8 heteroatoms. The Morgan fingerprint density at radius 2 is 2.04 bits per heavy atom. The number of nitrogens with two attached hydrogens (primary N) is 1. The molecule has 0 radical (unpaired) electrons. The summed E-state index contributed by atoms with van der Waals surface area (Å²) in [6.07, 6.45) is 5.14. The Morgan fingerprint density at radius 1 is 1.20 bits per heavy atom. The minimum atomic E-state index is -0.382. The first kappa shape index (κ1) is 15.4. The number of rotatable bonds is 3. The number of benzene rings is 1. The molecular formula is C17H19N7O. The quantitative estimate of drug-likeness (QED) is 0.758. The number of nitrogens with one attached hydrogen (secondary N) is 1. The van der Waals surface area contributed by atoms with Gasteiger partial charge in [-0.15, -0.1) is 0 Å². The smallest absolute Gasteiger partial charge is 0.314 e. The van der Waals surface area contributed by atoms with Crippen molar-refractivity contribution < 1.29 is 4.79 Å². The third kappa shape index (κ3) is 2.98. The third-order valence-electron chi connectivity index (χ3n) is 4.44. The summed E-state index contributed by atoms with van der Waals surface area (Å²) < 4.78 is 1.93. The van der Waals surface area contributed by atoms with Crippen molar-refractivity contribution in [3.63, 3.8) is 0 Å². The summed E-state index contributed by atoms with van der Waals surface area (Å²) in [4.78, 5) is 26.3. The molecule has 0 saturated carbocycles. The molecule has 3 heterocycles. The molecule has 1 aliphatic rings. The fraction of sp³-hybridized carbons (Fsp3) is 0.294. The topological polar surface area (TPSA) is 102 Å². The molecule has 1 fully saturated rings. The van der Waals surface area contributed by atoms with E-state index < -0.39 is 0 Å². The largest absolute Gasteiger partial charge is 0.364 e. The number of fused-ring (bicyclic) bond motifs is 1. The fourth-order valence-electron chi connectivity index (χ4n) is 3.21. The minimum absolute atomic E-state index is 0.0984. The highest BCUT2D eigenvalue weighted by molar-refractivity contribution is 5.84. The molecule has 3 aromatic rings. The number of likely N-dealkylation sites (tertiary alicyclic amines) is 1. The van der Waals surface area contributed by atoms with E-state index in [0.29, 0.717) is 24.4 Å². The van der Waals surface area contributed by atoms with Gasteiger partial charge >= 0.3 is 6.03 Å². The maximum Gasteiger partial charge on any atom is 0.314 e. The Labute approximate surface area is 144 Å². The number of carbonyl (C=O) groups excluding carboxylic acids is 1. The molecule has 1 saturated heterocycles. The van der Waals surface area contributed by atoms with Crippen molar-refractivity contribution >= 4 is 23.0 Å². The van der Waals surface area contributed by atoms with Gasteiger partial charge in [0.15, 0.2) is 17.0 Å². The highest BCUT2D eigenvalue weighted by atomic mass is 16.2. The molecule has 1 atom stereocenters. The number of hydrogen-bond acceptors (Lipinski definition) is 5. The summed E-state index contributed by atoms with van der Waals surface area (Å²) in [6, 6.07) is 9.64. The summed E-state index contributed by atoms with van der Waals surface area (Å²) in [5, 5.41) is 3.40. The van der Waals surface area contributed by atoms with Crippen LogP contribution in [0.25, 0.3) is 16.9 Å². The number of imidazole rings is 1. The van der Waals surface area contributed by atoms with Gasteiger partial charge in [0.1, 0.15) is 12.7 Å². The molecule has 0 spiro atoms. The van der Waals surface area contributed by atoms with Gasteiger partial charge in [-0.2, -0.15) is 0 Å². The molecule has 8 nitrogen and oxygen atoms in total. The average molecular weight is 337 g/mol. The van der Waals surface area contributed by atoms with Crippen LogP contribution in [0, 0.1) is 0 Å². The van der Waals surface area contributed by atoms with E-state index in [9.17, 15) is 4.79 Å². The second-order valence-corrected chi connectivity index (χ2v) is 6.11. The zero-order valence-electron chi connectivity index (χ0n) is 13.7. The summed E-state index contributed by atoms with van der Waals surface area (Å²) in [5.74, 6) is 0.677. The third-order valence-corrected chi connectivity index (χ3v) is 4.44. The molecule has 25 heavy (non-hydrogen) atoms. The highest BCUT2D eigenvalue weighted by Gasteiger charge is 2.23.